The van der Waals surface area contributed by atoms with Crippen LogP contribution >= 0.6 is 0 Å². The first-order valence-corrected chi connectivity index (χ1v) is 6.33. The molecule has 1 heterocycles. The third kappa shape index (κ3) is 5.02. The van der Waals surface area contributed by atoms with Gasteiger partial charge in [-0.25, -0.2) is 0 Å². The van der Waals surface area contributed by atoms with E-state index in [2.05, 4.69) is 15.5 Å². The van der Waals surface area contributed by atoms with Gasteiger partial charge in [0.15, 0.2) is 0 Å². The summed E-state index contributed by atoms with van der Waals surface area (Å²) in [5, 5.41) is 6.23. The number of methoxy groups -OCH3 is 1. The molecule has 0 bridgehead atoms. The van der Waals surface area contributed by atoms with Crippen molar-refractivity contribution in [3.05, 3.63) is 0 Å². The fraction of sp³-hybridized carbons (Fsp3) is 0.917. The van der Waals surface area contributed by atoms with Gasteiger partial charge in [0.05, 0.1) is 0 Å². The number of piperazine rings is 1. The van der Waals surface area contributed by atoms with Crippen molar-refractivity contribution in [3.8, 4) is 0 Å². The molecule has 0 aliphatic carbocycles. The third-order valence-corrected chi connectivity index (χ3v) is 3.20. The van der Waals surface area contributed by atoms with Crippen LogP contribution in [0.15, 0.2) is 0 Å². The summed E-state index contributed by atoms with van der Waals surface area (Å²) in [4.78, 5) is 14.1. The van der Waals surface area contributed by atoms with Gasteiger partial charge in [-0.05, 0) is 26.8 Å². The molecule has 17 heavy (non-hydrogen) atoms. The summed E-state index contributed by atoms with van der Waals surface area (Å²) in [6.45, 7) is 9.68. The first kappa shape index (κ1) is 14.4. The normalized spacial score (nSPS) is 18.1. The monoisotopic (exact) mass is 243 g/mol. The first-order chi connectivity index (χ1) is 8.06. The van der Waals surface area contributed by atoms with Gasteiger partial charge in [0.1, 0.15) is 5.60 Å². The van der Waals surface area contributed by atoms with Crippen molar-refractivity contribution in [2.75, 3.05) is 46.4 Å². The van der Waals surface area contributed by atoms with Crippen molar-refractivity contribution in [2.24, 2.45) is 0 Å². The summed E-state index contributed by atoms with van der Waals surface area (Å²) in [6, 6.07) is 0. The molecule has 0 unspecified atom stereocenters. The summed E-state index contributed by atoms with van der Waals surface area (Å²) in [5.74, 6) is -0.0414. The average Bonchev–Trinajstić information content (AvgIpc) is 2.35. The van der Waals surface area contributed by atoms with Crippen LogP contribution in [0.4, 0.5) is 0 Å². The van der Waals surface area contributed by atoms with E-state index in [0.29, 0.717) is 0 Å². The maximum Gasteiger partial charge on any atom is 0.251 e. The van der Waals surface area contributed by atoms with Crippen LogP contribution in [0, 0.1) is 0 Å². The topological polar surface area (TPSA) is 53.6 Å². The van der Waals surface area contributed by atoms with E-state index in [4.69, 9.17) is 4.74 Å². The summed E-state index contributed by atoms with van der Waals surface area (Å²) >= 11 is 0. The number of carbonyl (C=O) groups is 1. The van der Waals surface area contributed by atoms with Crippen LogP contribution in [0.1, 0.15) is 20.3 Å². The highest BCUT2D eigenvalue weighted by Crippen LogP contribution is 2.06. The van der Waals surface area contributed by atoms with Gasteiger partial charge in [0, 0.05) is 39.8 Å². The highest BCUT2D eigenvalue weighted by atomic mass is 16.5. The van der Waals surface area contributed by atoms with E-state index in [1.54, 1.807) is 21.0 Å². The summed E-state index contributed by atoms with van der Waals surface area (Å²) in [6.07, 6.45) is 0.992. The number of nitrogens with zero attached hydrogens (tertiary/aromatic N) is 1. The molecule has 0 aromatic rings. The van der Waals surface area contributed by atoms with Crippen molar-refractivity contribution >= 4 is 5.91 Å². The Morgan fingerprint density at radius 3 is 2.65 bits per heavy atom. The summed E-state index contributed by atoms with van der Waals surface area (Å²) in [5.41, 5.74) is -0.727. The molecule has 0 atom stereocenters. The third-order valence-electron chi connectivity index (χ3n) is 3.20. The fourth-order valence-corrected chi connectivity index (χ4v) is 1.74. The van der Waals surface area contributed by atoms with Gasteiger partial charge >= 0.3 is 0 Å². The number of hydrogen-bond acceptors (Lipinski definition) is 4. The van der Waals surface area contributed by atoms with Crippen molar-refractivity contribution in [2.45, 2.75) is 25.9 Å². The predicted octanol–water partition coefficient (Wildman–Crippen LogP) is -0.177. The largest absolute Gasteiger partial charge is 0.369 e. The average molecular weight is 243 g/mol. The lowest BCUT2D eigenvalue weighted by Gasteiger charge is -2.27. The fourth-order valence-electron chi connectivity index (χ4n) is 1.74. The molecular formula is C12H25N3O2. The Bertz CT molecular complexity index is 238. The van der Waals surface area contributed by atoms with Gasteiger partial charge in [-0.15, -0.1) is 0 Å². The number of nitrogens with one attached hydrogen (secondary N) is 2. The zero-order chi connectivity index (χ0) is 12.7. The van der Waals surface area contributed by atoms with Gasteiger partial charge in [-0.1, -0.05) is 0 Å². The van der Waals surface area contributed by atoms with Crippen molar-refractivity contribution in [1.29, 1.82) is 0 Å². The molecule has 1 fully saturated rings. The smallest absolute Gasteiger partial charge is 0.251 e. The molecule has 1 amide bonds. The van der Waals surface area contributed by atoms with Crippen LogP contribution in [0.3, 0.4) is 0 Å². The molecule has 2 N–H and O–H groups in total. The van der Waals surface area contributed by atoms with Gasteiger partial charge in [-0.3, -0.25) is 4.79 Å². The van der Waals surface area contributed by atoms with Gasteiger partial charge < -0.3 is 20.3 Å². The number of carbonyl (C=O) groups excluding carboxylic acids is 1. The lowest BCUT2D eigenvalue weighted by molar-refractivity contribution is -0.139. The van der Waals surface area contributed by atoms with E-state index in [9.17, 15) is 4.79 Å². The molecule has 0 saturated carbocycles. The maximum absolute atomic E-state index is 11.7. The Morgan fingerprint density at radius 2 is 2.06 bits per heavy atom. The minimum atomic E-state index is -0.727. The van der Waals surface area contributed by atoms with Crippen LogP contribution in [-0.4, -0.2) is 62.8 Å². The van der Waals surface area contributed by atoms with E-state index in [-0.39, 0.29) is 5.91 Å². The van der Waals surface area contributed by atoms with Crippen LogP contribution in [0.5, 0.6) is 0 Å². The minimum Gasteiger partial charge on any atom is -0.369 e. The number of ether oxygens (including phenoxy) is 1. The molecule has 1 saturated heterocycles. The lowest BCUT2D eigenvalue weighted by Crippen LogP contribution is -2.46. The number of amides is 1. The quantitative estimate of drug-likeness (QED) is 0.636. The lowest BCUT2D eigenvalue weighted by atomic mass is 10.1. The second-order valence-corrected chi connectivity index (χ2v) is 4.92. The highest BCUT2D eigenvalue weighted by molar-refractivity contribution is 5.84. The van der Waals surface area contributed by atoms with Crippen LogP contribution in [-0.2, 0) is 9.53 Å². The van der Waals surface area contributed by atoms with Crippen LogP contribution in [0.2, 0.25) is 0 Å². The number of hydrogen-bond donors (Lipinski definition) is 2. The molecule has 5 nitrogen and oxygen atoms in total. The summed E-state index contributed by atoms with van der Waals surface area (Å²) < 4.78 is 5.12. The Balaban J connectivity index is 2.09. The van der Waals surface area contributed by atoms with Crippen LogP contribution < -0.4 is 10.6 Å². The van der Waals surface area contributed by atoms with Gasteiger partial charge in [0.2, 0.25) is 0 Å². The van der Waals surface area contributed by atoms with E-state index in [1.165, 1.54) is 0 Å². The molecule has 5 heteroatoms. The molecule has 1 aliphatic heterocycles. The molecule has 0 radical (unpaired) electrons. The molecule has 0 spiro atoms. The van der Waals surface area contributed by atoms with E-state index >= 15 is 0 Å². The Hall–Kier alpha value is -0.650. The van der Waals surface area contributed by atoms with Crippen molar-refractivity contribution < 1.29 is 9.53 Å². The second kappa shape index (κ2) is 6.93. The first-order valence-electron chi connectivity index (χ1n) is 6.33. The van der Waals surface area contributed by atoms with Gasteiger partial charge in [-0.2, -0.15) is 0 Å². The van der Waals surface area contributed by atoms with Crippen molar-refractivity contribution in [3.63, 3.8) is 0 Å². The molecule has 1 aliphatic rings. The van der Waals surface area contributed by atoms with E-state index in [0.717, 1.165) is 45.7 Å². The van der Waals surface area contributed by atoms with Crippen LogP contribution in [0.25, 0.3) is 0 Å². The maximum atomic E-state index is 11.7. The predicted molar refractivity (Wildman–Crippen MR) is 68.0 cm³/mol. The molecule has 0 aromatic carbocycles. The standard InChI is InChI=1S/C12H25N3O2/c1-12(2,17-3)11(16)14-5-4-8-15-9-6-13-7-10-15/h13H,4-10H2,1-3H3,(H,14,16). The number of rotatable bonds is 6. The minimum absolute atomic E-state index is 0.0414. The zero-order valence-electron chi connectivity index (χ0n) is 11.2. The SMILES string of the molecule is COC(C)(C)C(=O)NCCCN1CCNCC1. The highest BCUT2D eigenvalue weighted by Gasteiger charge is 2.26. The van der Waals surface area contributed by atoms with E-state index in [1.807, 2.05) is 0 Å². The molecular weight excluding hydrogens is 218 g/mol. The van der Waals surface area contributed by atoms with Gasteiger partial charge in [0.25, 0.3) is 5.91 Å². The molecule has 1 rings (SSSR count). The summed E-state index contributed by atoms with van der Waals surface area (Å²) in [7, 11) is 1.56. The van der Waals surface area contributed by atoms with Crippen molar-refractivity contribution in [1.82, 2.24) is 15.5 Å². The Kier molecular flexibility index (Phi) is 5.88. The molecule has 100 valence electrons. The second-order valence-electron chi connectivity index (χ2n) is 4.92. The zero-order valence-corrected chi connectivity index (χ0v) is 11.2. The Labute approximate surface area is 104 Å². The van der Waals surface area contributed by atoms with E-state index < -0.39 is 5.60 Å². The Morgan fingerprint density at radius 1 is 1.41 bits per heavy atom. The molecule has 0 aromatic heterocycles.